The minimum absolute atomic E-state index is 0.00669. The van der Waals surface area contributed by atoms with Crippen molar-refractivity contribution in [1.29, 1.82) is 0 Å². The summed E-state index contributed by atoms with van der Waals surface area (Å²) in [6, 6.07) is 13.0. The molecule has 2 aliphatic rings. The van der Waals surface area contributed by atoms with E-state index in [4.69, 9.17) is 33.2 Å². The topological polar surface area (TPSA) is 111 Å². The molecule has 0 aliphatic carbocycles. The van der Waals surface area contributed by atoms with E-state index in [0.717, 1.165) is 0 Å². The highest BCUT2D eigenvalue weighted by molar-refractivity contribution is 9.10. The molecule has 0 fully saturated rings. The molecule has 3 aromatic carbocycles. The highest BCUT2D eigenvalue weighted by atomic mass is 79.9. The van der Waals surface area contributed by atoms with E-state index in [1.165, 1.54) is 27.4 Å². The quantitative estimate of drug-likeness (QED) is 0.221. The summed E-state index contributed by atoms with van der Waals surface area (Å²) in [6.45, 7) is 0.0902. The fraction of sp³-hybridized carbons (Fsp3) is 0.148. The molecule has 0 N–H and O–H groups in total. The van der Waals surface area contributed by atoms with E-state index in [2.05, 4.69) is 20.9 Å². The van der Waals surface area contributed by atoms with Crippen molar-refractivity contribution in [1.82, 2.24) is 0 Å². The monoisotopic (exact) mass is 581 g/mol. The summed E-state index contributed by atoms with van der Waals surface area (Å²) in [5.41, 5.74) is 1.15. The predicted molar refractivity (Wildman–Crippen MR) is 138 cm³/mol. The molecule has 2 aliphatic heterocycles. The maximum Gasteiger partial charge on any atom is 0.363 e. The molecular formula is C27H20BrNO9. The Bertz CT molecular complexity index is 1490. The molecule has 5 rings (SSSR count). The molecule has 0 spiro atoms. The van der Waals surface area contributed by atoms with Crippen LogP contribution in [0.25, 0.3) is 6.08 Å². The van der Waals surface area contributed by atoms with Gasteiger partial charge in [-0.25, -0.2) is 14.6 Å². The van der Waals surface area contributed by atoms with Crippen LogP contribution in [-0.2, 0) is 9.53 Å². The van der Waals surface area contributed by atoms with Gasteiger partial charge in [0.25, 0.3) is 0 Å². The van der Waals surface area contributed by atoms with Gasteiger partial charge in [-0.2, -0.15) is 0 Å². The van der Waals surface area contributed by atoms with Crippen LogP contribution in [0.2, 0.25) is 0 Å². The Morgan fingerprint density at radius 1 is 0.921 bits per heavy atom. The number of nitrogens with zero attached hydrogens (tertiary/aromatic N) is 1. The number of hydrogen-bond donors (Lipinski definition) is 0. The molecule has 194 valence electrons. The summed E-state index contributed by atoms with van der Waals surface area (Å²) in [6.07, 6.45) is 1.47. The lowest BCUT2D eigenvalue weighted by atomic mass is 10.1. The highest BCUT2D eigenvalue weighted by Crippen LogP contribution is 2.39. The van der Waals surface area contributed by atoms with E-state index in [9.17, 15) is 9.59 Å². The number of carbonyl (C=O) groups excluding carboxylic acids is 2. The number of halogens is 1. The van der Waals surface area contributed by atoms with E-state index in [0.29, 0.717) is 44.3 Å². The number of rotatable bonds is 7. The molecule has 0 atom stereocenters. The summed E-state index contributed by atoms with van der Waals surface area (Å²) in [5, 5.41) is 0. The van der Waals surface area contributed by atoms with Gasteiger partial charge in [0.1, 0.15) is 5.75 Å². The minimum Gasteiger partial charge on any atom is -0.493 e. The lowest BCUT2D eigenvalue weighted by Gasteiger charge is -2.13. The summed E-state index contributed by atoms with van der Waals surface area (Å²) in [7, 11) is 4.45. The van der Waals surface area contributed by atoms with Gasteiger partial charge in [0.05, 0.1) is 26.9 Å². The Balaban J connectivity index is 1.46. The Morgan fingerprint density at radius 2 is 1.66 bits per heavy atom. The minimum atomic E-state index is -0.679. The molecule has 0 saturated carbocycles. The maximum absolute atomic E-state index is 12.9. The normalized spacial score (nSPS) is 14.7. The summed E-state index contributed by atoms with van der Waals surface area (Å²) < 4.78 is 38.5. The summed E-state index contributed by atoms with van der Waals surface area (Å²) >= 11 is 3.41. The van der Waals surface area contributed by atoms with Crippen LogP contribution >= 0.6 is 15.9 Å². The number of methoxy groups -OCH3 is 3. The van der Waals surface area contributed by atoms with Crippen molar-refractivity contribution in [2.75, 3.05) is 28.1 Å². The van der Waals surface area contributed by atoms with Crippen LogP contribution in [-0.4, -0.2) is 46.0 Å². The SMILES string of the molecule is COc1cc(C2=N/C(=C\c3cc(Br)ccc3OC(=O)c3ccc4c(c3)OCO4)C(=O)O2)cc(OC)c1OC. The van der Waals surface area contributed by atoms with Crippen molar-refractivity contribution in [3.05, 3.63) is 75.4 Å². The number of ether oxygens (including phenoxy) is 7. The van der Waals surface area contributed by atoms with Gasteiger partial charge in [0.2, 0.25) is 18.4 Å². The molecule has 2 heterocycles. The molecule has 3 aromatic rings. The van der Waals surface area contributed by atoms with Crippen molar-refractivity contribution in [3.8, 4) is 34.5 Å². The van der Waals surface area contributed by atoms with E-state index in [1.54, 1.807) is 48.5 Å². The first-order valence-corrected chi connectivity index (χ1v) is 11.9. The zero-order chi connectivity index (χ0) is 26.8. The van der Waals surface area contributed by atoms with E-state index in [-0.39, 0.29) is 29.7 Å². The van der Waals surface area contributed by atoms with E-state index >= 15 is 0 Å². The van der Waals surface area contributed by atoms with Gasteiger partial charge in [0, 0.05) is 15.6 Å². The van der Waals surface area contributed by atoms with Crippen LogP contribution in [0.15, 0.2) is 63.7 Å². The van der Waals surface area contributed by atoms with Crippen molar-refractivity contribution >= 4 is 39.8 Å². The third-order valence-corrected chi connectivity index (χ3v) is 6.10. The first kappa shape index (κ1) is 25.2. The fourth-order valence-electron chi connectivity index (χ4n) is 3.79. The third-order valence-electron chi connectivity index (χ3n) is 5.61. The Labute approximate surface area is 225 Å². The van der Waals surface area contributed by atoms with Crippen molar-refractivity contribution in [2.45, 2.75) is 0 Å². The molecule has 0 radical (unpaired) electrons. The van der Waals surface area contributed by atoms with Gasteiger partial charge in [-0.15, -0.1) is 0 Å². The molecule has 0 unspecified atom stereocenters. The van der Waals surface area contributed by atoms with Crippen LogP contribution in [0.1, 0.15) is 21.5 Å². The molecule has 10 nitrogen and oxygen atoms in total. The lowest BCUT2D eigenvalue weighted by molar-refractivity contribution is -0.129. The molecular weight excluding hydrogens is 562 g/mol. The molecule has 0 saturated heterocycles. The van der Waals surface area contributed by atoms with Crippen LogP contribution in [0, 0.1) is 0 Å². The van der Waals surface area contributed by atoms with Crippen LogP contribution in [0.5, 0.6) is 34.5 Å². The number of fused-ring (bicyclic) bond motifs is 1. The zero-order valence-electron chi connectivity index (χ0n) is 20.4. The fourth-order valence-corrected chi connectivity index (χ4v) is 4.17. The predicted octanol–water partition coefficient (Wildman–Crippen LogP) is 4.77. The van der Waals surface area contributed by atoms with Crippen LogP contribution < -0.4 is 28.4 Å². The summed E-state index contributed by atoms with van der Waals surface area (Å²) in [5.74, 6) is 1.13. The standard InChI is InChI=1S/C27H20BrNO9/c1-32-22-11-16(12-23(33-2)24(22)34-3)25-29-18(27(31)38-25)9-15-8-17(28)5-7-19(15)37-26(30)14-4-6-20-21(10-14)36-13-35-20/h4-12H,13H2,1-3H3/b18-9-. The van der Waals surface area contributed by atoms with E-state index < -0.39 is 11.9 Å². The van der Waals surface area contributed by atoms with Gasteiger partial charge < -0.3 is 33.2 Å². The highest BCUT2D eigenvalue weighted by Gasteiger charge is 2.27. The van der Waals surface area contributed by atoms with Crippen molar-refractivity contribution in [2.24, 2.45) is 4.99 Å². The average Bonchev–Trinajstić information content (AvgIpc) is 3.55. The number of aliphatic imine (C=N–C) groups is 1. The van der Waals surface area contributed by atoms with Crippen LogP contribution in [0.3, 0.4) is 0 Å². The lowest BCUT2D eigenvalue weighted by Crippen LogP contribution is -2.09. The van der Waals surface area contributed by atoms with Gasteiger partial charge in [-0.3, -0.25) is 0 Å². The second kappa shape index (κ2) is 10.5. The molecule has 11 heteroatoms. The smallest absolute Gasteiger partial charge is 0.363 e. The number of benzene rings is 3. The first-order chi connectivity index (χ1) is 18.4. The number of esters is 2. The number of hydrogen-bond acceptors (Lipinski definition) is 10. The maximum atomic E-state index is 12.9. The average molecular weight is 582 g/mol. The second-order valence-electron chi connectivity index (χ2n) is 7.89. The van der Waals surface area contributed by atoms with Gasteiger partial charge in [0.15, 0.2) is 28.7 Å². The van der Waals surface area contributed by atoms with Gasteiger partial charge in [-0.05, 0) is 54.6 Å². The zero-order valence-corrected chi connectivity index (χ0v) is 22.0. The molecule has 38 heavy (non-hydrogen) atoms. The molecule has 0 bridgehead atoms. The van der Waals surface area contributed by atoms with Gasteiger partial charge >= 0.3 is 11.9 Å². The van der Waals surface area contributed by atoms with Crippen molar-refractivity contribution in [3.63, 3.8) is 0 Å². The third kappa shape index (κ3) is 4.88. The Kier molecular flexibility index (Phi) is 6.93. The Morgan fingerprint density at radius 3 is 2.37 bits per heavy atom. The summed E-state index contributed by atoms with van der Waals surface area (Å²) in [4.78, 5) is 29.9. The molecule has 0 amide bonds. The van der Waals surface area contributed by atoms with Gasteiger partial charge in [-0.1, -0.05) is 15.9 Å². The van der Waals surface area contributed by atoms with Crippen molar-refractivity contribution < 1.29 is 42.7 Å². The first-order valence-electron chi connectivity index (χ1n) is 11.1. The second-order valence-corrected chi connectivity index (χ2v) is 8.81. The number of cyclic esters (lactones) is 1. The van der Waals surface area contributed by atoms with Crippen LogP contribution in [0.4, 0.5) is 0 Å². The largest absolute Gasteiger partial charge is 0.493 e. The molecule has 0 aromatic heterocycles. The Hall–Kier alpha value is -4.51. The number of carbonyl (C=O) groups is 2. The van der Waals surface area contributed by atoms with E-state index in [1.807, 2.05) is 0 Å².